The highest BCUT2D eigenvalue weighted by Gasteiger charge is 2.18. The van der Waals surface area contributed by atoms with Gasteiger partial charge in [0, 0.05) is 11.8 Å². The van der Waals surface area contributed by atoms with Crippen LogP contribution in [-0.2, 0) is 0 Å². The van der Waals surface area contributed by atoms with E-state index in [-0.39, 0.29) is 5.56 Å². The molecule has 3 nitrogen and oxygen atoms in total. The van der Waals surface area contributed by atoms with Gasteiger partial charge in [-0.3, -0.25) is 10.1 Å². The van der Waals surface area contributed by atoms with Gasteiger partial charge in [0.2, 0.25) is 6.04 Å². The van der Waals surface area contributed by atoms with Gasteiger partial charge in [0.25, 0.3) is 0 Å². The summed E-state index contributed by atoms with van der Waals surface area (Å²) in [7, 11) is 0. The summed E-state index contributed by atoms with van der Waals surface area (Å²) in [4.78, 5) is 9.78. The van der Waals surface area contributed by atoms with E-state index in [1.165, 1.54) is 25.1 Å². The first kappa shape index (κ1) is 8.64. The number of nitro groups is 1. The Morgan fingerprint density at radius 3 is 2.58 bits per heavy atom. The van der Waals surface area contributed by atoms with Crippen molar-refractivity contribution >= 4 is 0 Å². The highest BCUT2D eigenvalue weighted by molar-refractivity contribution is 5.18. The van der Waals surface area contributed by atoms with Crippen LogP contribution in [0.3, 0.4) is 0 Å². The molecule has 12 heavy (non-hydrogen) atoms. The molecule has 1 aromatic rings. The van der Waals surface area contributed by atoms with Gasteiger partial charge in [0.15, 0.2) is 0 Å². The minimum atomic E-state index is -0.980. The highest BCUT2D eigenvalue weighted by Crippen LogP contribution is 2.18. The Morgan fingerprint density at radius 2 is 2.08 bits per heavy atom. The first-order valence-corrected chi connectivity index (χ1v) is 3.51. The molecule has 64 valence electrons. The maximum Gasteiger partial charge on any atom is 0.238 e. The van der Waals surface area contributed by atoms with Gasteiger partial charge in [-0.25, -0.2) is 4.39 Å². The van der Waals surface area contributed by atoms with Crippen molar-refractivity contribution in [2.75, 3.05) is 0 Å². The summed E-state index contributed by atoms with van der Waals surface area (Å²) >= 11 is 0. The van der Waals surface area contributed by atoms with Crippen molar-refractivity contribution in [1.82, 2.24) is 0 Å². The van der Waals surface area contributed by atoms with Crippen molar-refractivity contribution in [3.8, 4) is 0 Å². The third-order valence-corrected chi connectivity index (χ3v) is 1.67. The number of hydrogen-bond donors (Lipinski definition) is 0. The first-order chi connectivity index (χ1) is 5.63. The Morgan fingerprint density at radius 1 is 1.50 bits per heavy atom. The smallest absolute Gasteiger partial charge is 0.238 e. The Kier molecular flexibility index (Phi) is 2.38. The molecule has 0 N–H and O–H groups in total. The minimum Gasteiger partial charge on any atom is -0.264 e. The highest BCUT2D eigenvalue weighted by atomic mass is 19.1. The second-order valence-corrected chi connectivity index (χ2v) is 2.48. The monoisotopic (exact) mass is 169 g/mol. The predicted molar refractivity (Wildman–Crippen MR) is 41.8 cm³/mol. The number of rotatable bonds is 2. The maximum atomic E-state index is 12.9. The van der Waals surface area contributed by atoms with Crippen molar-refractivity contribution in [2.24, 2.45) is 0 Å². The molecular weight excluding hydrogens is 161 g/mol. The van der Waals surface area contributed by atoms with Crippen molar-refractivity contribution in [3.63, 3.8) is 0 Å². The van der Waals surface area contributed by atoms with E-state index in [0.29, 0.717) is 0 Å². The molecule has 0 amide bonds. The van der Waals surface area contributed by atoms with Gasteiger partial charge in [-0.1, -0.05) is 12.1 Å². The summed E-state index contributed by atoms with van der Waals surface area (Å²) < 4.78 is 12.9. The SMILES string of the molecule is CC(c1ccccc1F)[N+](=O)[O-]. The summed E-state index contributed by atoms with van der Waals surface area (Å²) in [6.45, 7) is 1.36. The molecule has 0 heterocycles. The van der Waals surface area contributed by atoms with Crippen LogP contribution in [0.25, 0.3) is 0 Å². The molecule has 0 aliphatic heterocycles. The van der Waals surface area contributed by atoms with E-state index in [4.69, 9.17) is 0 Å². The molecule has 0 fully saturated rings. The number of halogens is 1. The summed E-state index contributed by atoms with van der Waals surface area (Å²) in [5.41, 5.74) is 0.127. The minimum absolute atomic E-state index is 0.127. The fourth-order valence-electron chi connectivity index (χ4n) is 0.927. The fraction of sp³-hybridized carbons (Fsp3) is 0.250. The summed E-state index contributed by atoms with van der Waals surface area (Å²) in [5, 5.41) is 10.3. The summed E-state index contributed by atoms with van der Waals surface area (Å²) in [5.74, 6) is -0.526. The molecule has 1 rings (SSSR count). The van der Waals surface area contributed by atoms with Crippen LogP contribution in [-0.4, -0.2) is 4.92 Å². The van der Waals surface area contributed by atoms with Gasteiger partial charge < -0.3 is 0 Å². The zero-order chi connectivity index (χ0) is 9.14. The quantitative estimate of drug-likeness (QED) is 0.503. The molecular formula is C8H8FNO2. The second-order valence-electron chi connectivity index (χ2n) is 2.48. The van der Waals surface area contributed by atoms with Crippen LogP contribution < -0.4 is 0 Å². The lowest BCUT2D eigenvalue weighted by Crippen LogP contribution is -2.07. The van der Waals surface area contributed by atoms with Crippen molar-refractivity contribution in [3.05, 3.63) is 45.8 Å². The maximum absolute atomic E-state index is 12.9. The van der Waals surface area contributed by atoms with Crippen LogP contribution in [0.4, 0.5) is 4.39 Å². The lowest BCUT2D eigenvalue weighted by molar-refractivity contribution is -0.524. The lowest BCUT2D eigenvalue weighted by atomic mass is 10.1. The lowest BCUT2D eigenvalue weighted by Gasteiger charge is -2.03. The molecule has 1 aromatic carbocycles. The molecule has 0 aliphatic rings. The zero-order valence-electron chi connectivity index (χ0n) is 6.53. The van der Waals surface area contributed by atoms with Crippen molar-refractivity contribution < 1.29 is 9.31 Å². The topological polar surface area (TPSA) is 43.1 Å². The Labute approximate surface area is 69.0 Å². The Bertz CT molecular complexity index is 301. The normalized spacial score (nSPS) is 12.5. The molecule has 4 heteroatoms. The van der Waals surface area contributed by atoms with E-state index in [2.05, 4.69) is 0 Å². The van der Waals surface area contributed by atoms with Gasteiger partial charge in [0.1, 0.15) is 5.82 Å². The summed E-state index contributed by atoms with van der Waals surface area (Å²) in [6.07, 6.45) is 0. The largest absolute Gasteiger partial charge is 0.264 e. The van der Waals surface area contributed by atoms with Crippen LogP contribution in [0.1, 0.15) is 18.5 Å². The average Bonchev–Trinajstić information content (AvgIpc) is 2.04. The van der Waals surface area contributed by atoms with Crippen LogP contribution in [0.2, 0.25) is 0 Å². The van der Waals surface area contributed by atoms with Crippen LogP contribution >= 0.6 is 0 Å². The van der Waals surface area contributed by atoms with E-state index >= 15 is 0 Å². The second kappa shape index (κ2) is 3.30. The van der Waals surface area contributed by atoms with Crippen LogP contribution in [0, 0.1) is 15.9 Å². The van der Waals surface area contributed by atoms with E-state index in [9.17, 15) is 14.5 Å². The van der Waals surface area contributed by atoms with Crippen LogP contribution in [0.5, 0.6) is 0 Å². The van der Waals surface area contributed by atoms with E-state index < -0.39 is 16.8 Å². The Balaban J connectivity index is 3.02. The molecule has 0 aliphatic carbocycles. The molecule has 0 aromatic heterocycles. The fourth-order valence-corrected chi connectivity index (χ4v) is 0.927. The van der Waals surface area contributed by atoms with Gasteiger partial charge >= 0.3 is 0 Å². The molecule has 0 bridgehead atoms. The van der Waals surface area contributed by atoms with E-state index in [0.717, 1.165) is 0 Å². The molecule has 0 saturated heterocycles. The molecule has 0 radical (unpaired) electrons. The molecule has 1 atom stereocenters. The predicted octanol–water partition coefficient (Wildman–Crippen LogP) is 2.16. The molecule has 0 spiro atoms. The van der Waals surface area contributed by atoms with Gasteiger partial charge in [-0.15, -0.1) is 0 Å². The first-order valence-electron chi connectivity index (χ1n) is 3.51. The third-order valence-electron chi connectivity index (χ3n) is 1.67. The standard InChI is InChI=1S/C8H8FNO2/c1-6(10(11)12)7-4-2-3-5-8(7)9/h2-6H,1H3. The molecule has 0 saturated carbocycles. The summed E-state index contributed by atoms with van der Waals surface area (Å²) in [6, 6.07) is 4.74. The van der Waals surface area contributed by atoms with Gasteiger partial charge in [-0.2, -0.15) is 0 Å². The third kappa shape index (κ3) is 1.58. The van der Waals surface area contributed by atoms with Gasteiger partial charge in [0.05, 0.1) is 5.56 Å². The average molecular weight is 169 g/mol. The van der Waals surface area contributed by atoms with Crippen molar-refractivity contribution in [2.45, 2.75) is 13.0 Å². The van der Waals surface area contributed by atoms with Crippen LogP contribution in [0.15, 0.2) is 24.3 Å². The zero-order valence-corrected chi connectivity index (χ0v) is 6.53. The number of benzene rings is 1. The number of hydrogen-bond acceptors (Lipinski definition) is 2. The van der Waals surface area contributed by atoms with Gasteiger partial charge in [-0.05, 0) is 12.1 Å². The molecule has 1 unspecified atom stereocenters. The van der Waals surface area contributed by atoms with E-state index in [1.807, 2.05) is 0 Å². The number of nitrogens with zero attached hydrogens (tertiary/aromatic N) is 1. The Hall–Kier alpha value is -1.45. The van der Waals surface area contributed by atoms with Crippen molar-refractivity contribution in [1.29, 1.82) is 0 Å². The van der Waals surface area contributed by atoms with E-state index in [1.54, 1.807) is 6.07 Å².